The molecule has 3 rings (SSSR count). The van der Waals surface area contributed by atoms with Gasteiger partial charge >= 0.3 is 0 Å². The summed E-state index contributed by atoms with van der Waals surface area (Å²) in [5.41, 5.74) is 1.04. The van der Waals surface area contributed by atoms with Gasteiger partial charge < -0.3 is 14.0 Å². The van der Waals surface area contributed by atoms with E-state index in [1.54, 1.807) is 44.2 Å². The van der Waals surface area contributed by atoms with Crippen LogP contribution in [0.2, 0.25) is 10.0 Å². The van der Waals surface area contributed by atoms with Crippen molar-refractivity contribution < 1.29 is 23.6 Å². The lowest BCUT2D eigenvalue weighted by atomic mass is 9.93. The van der Waals surface area contributed by atoms with E-state index >= 15 is 0 Å². The number of methoxy groups -OCH3 is 2. The average Bonchev–Trinajstić information content (AvgIpc) is 2.78. The van der Waals surface area contributed by atoms with Gasteiger partial charge in [0.2, 0.25) is 5.52 Å². The average molecular weight is 491 g/mol. The molecule has 166 valence electrons. The summed E-state index contributed by atoms with van der Waals surface area (Å²) in [7, 11) is -0.418. The zero-order valence-corrected chi connectivity index (χ0v) is 20.4. The number of benzene rings is 3. The Kier molecular flexibility index (Phi) is 7.45. The van der Waals surface area contributed by atoms with Crippen LogP contribution in [0.15, 0.2) is 48.5 Å². The molecule has 5 nitrogen and oxygen atoms in total. The standard InChI is InChI=1S/C24H21Cl2O5P/c1-13-18(20(27)15-9-6-5-7-10-15)14(2)22(31-4)23(21(13)30-3)32(29)24(28)19-16(25)11-8-12-17(19)26/h5-12,32H,1-4H3. The highest BCUT2D eigenvalue weighted by atomic mass is 35.5. The molecule has 0 saturated heterocycles. The van der Waals surface area contributed by atoms with Gasteiger partial charge in [0, 0.05) is 22.3 Å². The van der Waals surface area contributed by atoms with Crippen molar-refractivity contribution >= 4 is 47.6 Å². The predicted molar refractivity (Wildman–Crippen MR) is 128 cm³/mol. The molecule has 3 aromatic carbocycles. The molecule has 0 saturated carbocycles. The second-order valence-corrected chi connectivity index (χ2v) is 9.44. The van der Waals surface area contributed by atoms with Crippen molar-refractivity contribution in [2.24, 2.45) is 0 Å². The Labute approximate surface area is 197 Å². The fraction of sp³-hybridized carbons (Fsp3) is 0.167. The first-order valence-corrected chi connectivity index (χ1v) is 11.8. The van der Waals surface area contributed by atoms with Crippen molar-refractivity contribution in [1.29, 1.82) is 0 Å². The van der Waals surface area contributed by atoms with Gasteiger partial charge in [0.15, 0.2) is 13.6 Å². The van der Waals surface area contributed by atoms with E-state index in [-0.39, 0.29) is 38.2 Å². The monoisotopic (exact) mass is 490 g/mol. The van der Waals surface area contributed by atoms with Gasteiger partial charge in [-0.15, -0.1) is 0 Å². The van der Waals surface area contributed by atoms with E-state index in [1.807, 2.05) is 6.07 Å². The van der Waals surface area contributed by atoms with Crippen LogP contribution in [0.3, 0.4) is 0 Å². The van der Waals surface area contributed by atoms with Gasteiger partial charge in [-0.05, 0) is 26.0 Å². The molecule has 1 unspecified atom stereocenters. The minimum atomic E-state index is -3.19. The molecular weight excluding hydrogens is 470 g/mol. The lowest BCUT2D eigenvalue weighted by Gasteiger charge is -2.21. The Hall–Kier alpha value is -2.59. The van der Waals surface area contributed by atoms with Crippen LogP contribution in [-0.4, -0.2) is 25.5 Å². The van der Waals surface area contributed by atoms with Gasteiger partial charge in [-0.1, -0.05) is 59.6 Å². The second kappa shape index (κ2) is 9.91. The van der Waals surface area contributed by atoms with Gasteiger partial charge in [0.1, 0.15) is 16.8 Å². The van der Waals surface area contributed by atoms with Crippen molar-refractivity contribution in [2.45, 2.75) is 13.8 Å². The zero-order chi connectivity index (χ0) is 23.6. The van der Waals surface area contributed by atoms with E-state index in [0.29, 0.717) is 22.3 Å². The maximum absolute atomic E-state index is 13.5. The Morgan fingerprint density at radius 2 is 1.28 bits per heavy atom. The largest absolute Gasteiger partial charge is 0.496 e. The SMILES string of the molecule is COc1c(C)c(C(=O)c2ccccc2)c(C)c(OC)c1[PH](=O)C(=O)c1c(Cl)cccc1Cl. The molecular formula is C24H21Cl2O5P. The van der Waals surface area contributed by atoms with Crippen LogP contribution in [0.25, 0.3) is 0 Å². The molecule has 0 aliphatic rings. The molecule has 0 aliphatic heterocycles. The first kappa shape index (κ1) is 24.1. The smallest absolute Gasteiger partial charge is 0.226 e. The van der Waals surface area contributed by atoms with E-state index in [2.05, 4.69) is 0 Å². The highest BCUT2D eigenvalue weighted by Gasteiger charge is 2.32. The topological polar surface area (TPSA) is 69.7 Å². The van der Waals surface area contributed by atoms with Crippen LogP contribution in [-0.2, 0) is 4.57 Å². The second-order valence-electron chi connectivity index (χ2n) is 7.02. The highest BCUT2D eigenvalue weighted by Crippen LogP contribution is 2.43. The van der Waals surface area contributed by atoms with Crippen molar-refractivity contribution in [1.82, 2.24) is 0 Å². The molecule has 0 bridgehead atoms. The summed E-state index contributed by atoms with van der Waals surface area (Å²) >= 11 is 12.3. The quantitative estimate of drug-likeness (QED) is 0.305. The number of ether oxygens (including phenoxy) is 2. The lowest BCUT2D eigenvalue weighted by molar-refractivity contribution is 0.103. The van der Waals surface area contributed by atoms with Gasteiger partial charge in [-0.25, -0.2) is 0 Å². The third kappa shape index (κ3) is 4.21. The molecule has 0 heterocycles. The number of carbonyl (C=O) groups is 2. The number of ketones is 1. The number of carbonyl (C=O) groups excluding carboxylic acids is 2. The van der Waals surface area contributed by atoms with Gasteiger partial charge in [-0.2, -0.15) is 0 Å². The van der Waals surface area contributed by atoms with Crippen LogP contribution in [0.1, 0.15) is 37.4 Å². The normalized spacial score (nSPS) is 11.7. The molecule has 1 atom stereocenters. The van der Waals surface area contributed by atoms with Crippen LogP contribution < -0.4 is 14.8 Å². The number of hydrogen-bond donors (Lipinski definition) is 0. The Balaban J connectivity index is 2.25. The van der Waals surface area contributed by atoms with Crippen LogP contribution in [0.4, 0.5) is 0 Å². The van der Waals surface area contributed by atoms with Crippen LogP contribution in [0.5, 0.6) is 11.5 Å². The van der Waals surface area contributed by atoms with E-state index in [9.17, 15) is 14.2 Å². The summed E-state index contributed by atoms with van der Waals surface area (Å²) in [6.07, 6.45) is 0. The summed E-state index contributed by atoms with van der Waals surface area (Å²) in [6, 6.07) is 13.4. The first-order valence-electron chi connectivity index (χ1n) is 9.62. The van der Waals surface area contributed by atoms with Crippen molar-refractivity contribution in [2.75, 3.05) is 14.2 Å². The lowest BCUT2D eigenvalue weighted by Crippen LogP contribution is -2.18. The Bertz CT molecular complexity index is 1190. The molecule has 0 amide bonds. The van der Waals surface area contributed by atoms with E-state index in [1.165, 1.54) is 26.4 Å². The highest BCUT2D eigenvalue weighted by molar-refractivity contribution is 7.72. The fourth-order valence-electron chi connectivity index (χ4n) is 3.72. The van der Waals surface area contributed by atoms with Gasteiger partial charge in [0.05, 0.1) is 29.8 Å². The summed E-state index contributed by atoms with van der Waals surface area (Å²) in [6.45, 7) is 3.38. The molecule has 0 aromatic heterocycles. The van der Waals surface area contributed by atoms with E-state index < -0.39 is 13.3 Å². The Morgan fingerprint density at radius 3 is 1.75 bits per heavy atom. The molecule has 0 radical (unpaired) electrons. The molecule has 0 aliphatic carbocycles. The molecule has 0 spiro atoms. The maximum Gasteiger partial charge on any atom is 0.226 e. The van der Waals surface area contributed by atoms with Crippen LogP contribution >= 0.6 is 31.0 Å². The molecule has 3 aromatic rings. The minimum Gasteiger partial charge on any atom is -0.496 e. The molecule has 0 N–H and O–H groups in total. The predicted octanol–water partition coefficient (Wildman–Crippen LogP) is 5.88. The fourth-order valence-corrected chi connectivity index (χ4v) is 6.16. The molecule has 8 heteroatoms. The summed E-state index contributed by atoms with van der Waals surface area (Å²) in [5.74, 6) is 0.0863. The minimum absolute atomic E-state index is 0.0245. The van der Waals surface area contributed by atoms with Crippen LogP contribution in [0, 0.1) is 13.8 Å². The summed E-state index contributed by atoms with van der Waals surface area (Å²) in [5, 5.41) is 0.298. The third-order valence-corrected chi connectivity index (χ3v) is 7.38. The summed E-state index contributed by atoms with van der Waals surface area (Å²) in [4.78, 5) is 26.4. The zero-order valence-electron chi connectivity index (χ0n) is 17.9. The molecule has 32 heavy (non-hydrogen) atoms. The van der Waals surface area contributed by atoms with E-state index in [0.717, 1.165) is 0 Å². The Morgan fingerprint density at radius 1 is 0.781 bits per heavy atom. The van der Waals surface area contributed by atoms with Crippen molar-refractivity contribution in [3.05, 3.63) is 86.4 Å². The third-order valence-electron chi connectivity index (χ3n) is 5.18. The number of hydrogen-bond acceptors (Lipinski definition) is 5. The number of rotatable bonds is 7. The first-order chi connectivity index (χ1) is 15.2. The van der Waals surface area contributed by atoms with Gasteiger partial charge in [0.25, 0.3) is 0 Å². The van der Waals surface area contributed by atoms with Crippen molar-refractivity contribution in [3.8, 4) is 11.5 Å². The summed E-state index contributed by atoms with van der Waals surface area (Å²) < 4.78 is 24.6. The number of halogens is 2. The van der Waals surface area contributed by atoms with E-state index in [4.69, 9.17) is 32.7 Å². The molecule has 0 fully saturated rings. The van der Waals surface area contributed by atoms with Gasteiger partial charge in [-0.3, -0.25) is 9.59 Å². The van der Waals surface area contributed by atoms with Crippen molar-refractivity contribution in [3.63, 3.8) is 0 Å². The maximum atomic E-state index is 13.5.